The highest BCUT2D eigenvalue weighted by Crippen LogP contribution is 2.22. The van der Waals surface area contributed by atoms with Gasteiger partial charge in [0.15, 0.2) is 0 Å². The molecule has 0 aliphatic carbocycles. The lowest BCUT2D eigenvalue weighted by Crippen LogP contribution is -2.46. The van der Waals surface area contributed by atoms with E-state index in [1.54, 1.807) is 0 Å². The molecule has 0 saturated carbocycles. The third kappa shape index (κ3) is 4.42. The Kier molecular flexibility index (Phi) is 6.48. The lowest BCUT2D eigenvalue weighted by atomic mass is 10.2. The van der Waals surface area contributed by atoms with Crippen LogP contribution >= 0.6 is 11.6 Å². The molecule has 0 radical (unpaired) electrons. The largest absolute Gasteiger partial charge is 0.395 e. The number of hydrogen-bond acceptors (Lipinski definition) is 4. The van der Waals surface area contributed by atoms with Crippen LogP contribution in [0.5, 0.6) is 0 Å². The van der Waals surface area contributed by atoms with E-state index in [1.165, 1.54) is 5.56 Å². The second-order valence-corrected chi connectivity index (χ2v) is 6.13. The molecule has 1 fully saturated rings. The topological polar surface area (TPSA) is 44.5 Å². The van der Waals surface area contributed by atoms with Crippen molar-refractivity contribution in [3.63, 3.8) is 0 Å². The molecule has 2 heterocycles. The fourth-order valence-electron chi connectivity index (χ4n) is 2.76. The first-order chi connectivity index (χ1) is 10.2. The Morgan fingerprint density at radius 3 is 2.43 bits per heavy atom. The fourth-order valence-corrected chi connectivity index (χ4v) is 3.08. The summed E-state index contributed by atoms with van der Waals surface area (Å²) in [4.78, 5) is 4.73. The molecule has 5 nitrogen and oxygen atoms in total. The zero-order valence-electron chi connectivity index (χ0n) is 13.2. The molecule has 1 aliphatic rings. The van der Waals surface area contributed by atoms with Gasteiger partial charge >= 0.3 is 0 Å². The predicted octanol–water partition coefficient (Wildman–Crippen LogP) is 1.75. The molecule has 1 N–H and O–H groups in total. The van der Waals surface area contributed by atoms with E-state index in [0.29, 0.717) is 0 Å². The Morgan fingerprint density at radius 2 is 1.81 bits per heavy atom. The van der Waals surface area contributed by atoms with Gasteiger partial charge in [-0.15, -0.1) is 0 Å². The van der Waals surface area contributed by atoms with Gasteiger partial charge in [-0.3, -0.25) is 14.5 Å². The van der Waals surface area contributed by atoms with Gasteiger partial charge in [0.05, 0.1) is 12.3 Å². The monoisotopic (exact) mass is 314 g/mol. The molecule has 120 valence electrons. The Hall–Kier alpha value is -0.620. The van der Waals surface area contributed by atoms with E-state index in [-0.39, 0.29) is 6.61 Å². The summed E-state index contributed by atoms with van der Waals surface area (Å²) >= 11 is 6.49. The molecule has 1 saturated heterocycles. The van der Waals surface area contributed by atoms with Crippen molar-refractivity contribution in [1.29, 1.82) is 0 Å². The summed E-state index contributed by atoms with van der Waals surface area (Å²) in [7, 11) is 0. The van der Waals surface area contributed by atoms with Crippen LogP contribution in [0.4, 0.5) is 0 Å². The first-order valence-electron chi connectivity index (χ1n) is 7.93. The molecule has 0 atom stereocenters. The van der Waals surface area contributed by atoms with Crippen molar-refractivity contribution in [2.24, 2.45) is 0 Å². The van der Waals surface area contributed by atoms with Gasteiger partial charge < -0.3 is 5.11 Å². The lowest BCUT2D eigenvalue weighted by molar-refractivity contribution is 0.108. The molecule has 0 aromatic carbocycles. The Bertz CT molecular complexity index is 441. The number of nitrogens with zero attached hydrogens (tertiary/aromatic N) is 4. The molecular weight excluding hydrogens is 288 g/mol. The summed E-state index contributed by atoms with van der Waals surface area (Å²) in [6.45, 7) is 11.1. The number of aliphatic hydroxyl groups excluding tert-OH is 1. The Morgan fingerprint density at radius 1 is 1.14 bits per heavy atom. The van der Waals surface area contributed by atoms with E-state index < -0.39 is 0 Å². The minimum atomic E-state index is 0.245. The smallest absolute Gasteiger partial charge is 0.131 e. The van der Waals surface area contributed by atoms with Crippen molar-refractivity contribution in [3.8, 4) is 0 Å². The minimum Gasteiger partial charge on any atom is -0.395 e. The lowest BCUT2D eigenvalue weighted by Gasteiger charge is -2.34. The normalized spacial score (nSPS) is 17.5. The molecule has 1 aromatic rings. The molecule has 0 spiro atoms. The van der Waals surface area contributed by atoms with Gasteiger partial charge in [0.25, 0.3) is 0 Å². The number of β-amino-alcohol motifs (C(OH)–C–C–N with tert-alkyl or cyclic N) is 1. The number of hydrogen-bond donors (Lipinski definition) is 1. The predicted molar refractivity (Wildman–Crippen MR) is 85.7 cm³/mol. The first-order valence-corrected chi connectivity index (χ1v) is 8.30. The summed E-state index contributed by atoms with van der Waals surface area (Å²) < 4.78 is 1.94. The van der Waals surface area contributed by atoms with Crippen LogP contribution < -0.4 is 0 Å². The van der Waals surface area contributed by atoms with Gasteiger partial charge in [-0.1, -0.05) is 24.9 Å². The van der Waals surface area contributed by atoms with Crippen LogP contribution in [0, 0.1) is 6.92 Å². The van der Waals surface area contributed by atoms with E-state index in [9.17, 15) is 0 Å². The summed E-state index contributed by atoms with van der Waals surface area (Å²) in [5.74, 6) is 0. The highest BCUT2D eigenvalue weighted by Gasteiger charge is 2.20. The van der Waals surface area contributed by atoms with Gasteiger partial charge in [0.1, 0.15) is 5.15 Å². The van der Waals surface area contributed by atoms with Crippen molar-refractivity contribution < 1.29 is 5.11 Å². The fraction of sp³-hybridized carbons (Fsp3) is 0.800. The van der Waals surface area contributed by atoms with E-state index in [2.05, 4.69) is 21.8 Å². The van der Waals surface area contributed by atoms with E-state index in [0.717, 1.165) is 69.5 Å². The molecule has 0 bridgehead atoms. The summed E-state index contributed by atoms with van der Waals surface area (Å²) in [6, 6.07) is 0. The third-order valence-corrected chi connectivity index (χ3v) is 4.59. The maximum atomic E-state index is 8.98. The van der Waals surface area contributed by atoms with Crippen molar-refractivity contribution in [2.75, 3.05) is 39.3 Å². The molecule has 0 amide bonds. The number of aliphatic hydroxyl groups is 1. The van der Waals surface area contributed by atoms with Gasteiger partial charge in [-0.25, -0.2) is 0 Å². The first kappa shape index (κ1) is 16.7. The van der Waals surface area contributed by atoms with Crippen molar-refractivity contribution in [3.05, 3.63) is 16.4 Å². The van der Waals surface area contributed by atoms with Crippen molar-refractivity contribution >= 4 is 11.6 Å². The van der Waals surface area contributed by atoms with E-state index in [4.69, 9.17) is 16.7 Å². The standard InChI is InChI=1S/C15H27ClN4O/c1-3-4-5-20-15(16)14(13(2)17-20)12-19-8-6-18(7-9-19)10-11-21/h21H,3-12H2,1-2H3. The quantitative estimate of drug-likeness (QED) is 0.833. The molecule has 1 aliphatic heterocycles. The molecule has 6 heteroatoms. The highest BCUT2D eigenvalue weighted by atomic mass is 35.5. The van der Waals surface area contributed by atoms with Crippen molar-refractivity contribution in [2.45, 2.75) is 39.8 Å². The average Bonchev–Trinajstić information content (AvgIpc) is 2.75. The summed E-state index contributed by atoms with van der Waals surface area (Å²) in [5.41, 5.74) is 2.22. The Balaban J connectivity index is 1.92. The number of aryl methyl sites for hydroxylation is 2. The van der Waals surface area contributed by atoms with Gasteiger partial charge in [0.2, 0.25) is 0 Å². The molecule has 2 rings (SSSR count). The second-order valence-electron chi connectivity index (χ2n) is 5.77. The maximum Gasteiger partial charge on any atom is 0.131 e. The number of halogens is 1. The summed E-state index contributed by atoms with van der Waals surface area (Å²) in [5, 5.41) is 14.4. The van der Waals surface area contributed by atoms with Crippen LogP contribution in [-0.4, -0.2) is 64.0 Å². The van der Waals surface area contributed by atoms with Crippen LogP contribution in [-0.2, 0) is 13.1 Å². The number of aromatic nitrogens is 2. The van der Waals surface area contributed by atoms with Crippen LogP contribution in [0.3, 0.4) is 0 Å². The van der Waals surface area contributed by atoms with Crippen LogP contribution in [0.1, 0.15) is 31.0 Å². The maximum absolute atomic E-state index is 8.98. The van der Waals surface area contributed by atoms with Crippen LogP contribution in [0.25, 0.3) is 0 Å². The third-order valence-electron chi connectivity index (χ3n) is 4.17. The van der Waals surface area contributed by atoms with Gasteiger partial charge in [-0.2, -0.15) is 5.10 Å². The number of rotatable bonds is 7. The van der Waals surface area contributed by atoms with Gasteiger partial charge in [0, 0.05) is 51.4 Å². The molecule has 21 heavy (non-hydrogen) atoms. The SMILES string of the molecule is CCCCn1nc(C)c(CN2CCN(CCO)CC2)c1Cl. The summed E-state index contributed by atoms with van der Waals surface area (Å²) in [6.07, 6.45) is 2.26. The van der Waals surface area contributed by atoms with Crippen LogP contribution in [0.15, 0.2) is 0 Å². The average molecular weight is 315 g/mol. The van der Waals surface area contributed by atoms with E-state index >= 15 is 0 Å². The zero-order chi connectivity index (χ0) is 15.2. The molecule has 0 unspecified atom stereocenters. The zero-order valence-corrected chi connectivity index (χ0v) is 13.9. The van der Waals surface area contributed by atoms with E-state index in [1.807, 2.05) is 11.6 Å². The molecular formula is C15H27ClN4O. The number of piperazine rings is 1. The van der Waals surface area contributed by atoms with Gasteiger partial charge in [-0.05, 0) is 13.3 Å². The minimum absolute atomic E-state index is 0.245. The van der Waals surface area contributed by atoms with Crippen molar-refractivity contribution in [1.82, 2.24) is 19.6 Å². The highest BCUT2D eigenvalue weighted by molar-refractivity contribution is 6.30. The Labute approximate surface area is 132 Å². The number of unbranched alkanes of at least 4 members (excludes halogenated alkanes) is 1. The molecule has 1 aromatic heterocycles. The van der Waals surface area contributed by atoms with Crippen LogP contribution in [0.2, 0.25) is 5.15 Å². The second kappa shape index (κ2) is 8.13.